The van der Waals surface area contributed by atoms with E-state index in [-0.39, 0.29) is 12.0 Å². The maximum atomic E-state index is 13.0. The van der Waals surface area contributed by atoms with E-state index in [4.69, 9.17) is 15.8 Å². The van der Waals surface area contributed by atoms with Crippen LogP contribution in [0, 0.1) is 16.7 Å². The van der Waals surface area contributed by atoms with E-state index in [2.05, 4.69) is 15.3 Å². The summed E-state index contributed by atoms with van der Waals surface area (Å²) in [6, 6.07) is 4.88. The molecule has 3 N–H and O–H groups in total. The molecule has 0 amide bonds. The van der Waals surface area contributed by atoms with Crippen LogP contribution in [0.15, 0.2) is 30.6 Å². The Labute approximate surface area is 195 Å². The SMILES string of the molecule is CCn1c(-c2ccc(C(F)(F)F)cc2)nc2c(NC3CCC(=N)N(C(=N)C(C)C)C3)ncnc21. The van der Waals surface area contributed by atoms with E-state index in [1.165, 1.54) is 18.5 Å². The molecule has 3 heterocycles. The second-order valence-corrected chi connectivity index (χ2v) is 8.63. The standard InChI is InChI=1S/C23H27F3N8/c1-4-33-21(14-5-7-15(8-6-14)23(24,25)26)32-18-20(29-12-30-22(18)33)31-16-9-10-17(27)34(11-16)19(28)13(2)3/h5-8,12-13,16,27-28H,4,9-11H2,1-3H3,(H,29,30,31). The van der Waals surface area contributed by atoms with Crippen LogP contribution in [0.3, 0.4) is 0 Å². The lowest BCUT2D eigenvalue weighted by atomic mass is 10.0. The van der Waals surface area contributed by atoms with Gasteiger partial charge >= 0.3 is 6.18 Å². The average Bonchev–Trinajstić information content (AvgIpc) is 3.19. The third kappa shape index (κ3) is 4.46. The molecule has 1 aromatic carbocycles. The van der Waals surface area contributed by atoms with Gasteiger partial charge in [0.1, 0.15) is 23.8 Å². The van der Waals surface area contributed by atoms with Crippen molar-refractivity contribution in [2.75, 3.05) is 11.9 Å². The minimum Gasteiger partial charge on any atom is -0.364 e. The zero-order valence-electron chi connectivity index (χ0n) is 19.2. The predicted octanol–water partition coefficient (Wildman–Crippen LogP) is 5.02. The molecule has 1 atom stereocenters. The molecule has 8 nitrogen and oxygen atoms in total. The van der Waals surface area contributed by atoms with Crippen LogP contribution in [0.25, 0.3) is 22.6 Å². The molecule has 0 aliphatic carbocycles. The van der Waals surface area contributed by atoms with Crippen molar-refractivity contribution in [1.29, 1.82) is 10.8 Å². The number of likely N-dealkylation sites (tertiary alicyclic amines) is 1. The fraction of sp³-hybridized carbons (Fsp3) is 0.435. The van der Waals surface area contributed by atoms with Crippen molar-refractivity contribution in [3.05, 3.63) is 36.2 Å². The summed E-state index contributed by atoms with van der Waals surface area (Å²) in [5.74, 6) is 1.90. The van der Waals surface area contributed by atoms with Gasteiger partial charge in [-0.25, -0.2) is 15.0 Å². The molecule has 34 heavy (non-hydrogen) atoms. The molecule has 0 saturated carbocycles. The smallest absolute Gasteiger partial charge is 0.364 e. The second kappa shape index (κ2) is 9.03. The number of hydrogen-bond donors (Lipinski definition) is 3. The maximum absolute atomic E-state index is 13.0. The fourth-order valence-corrected chi connectivity index (χ4v) is 4.10. The van der Waals surface area contributed by atoms with Crippen molar-refractivity contribution < 1.29 is 13.2 Å². The Hall–Kier alpha value is -3.50. The first-order chi connectivity index (χ1) is 16.1. The number of halogens is 3. The molecule has 0 radical (unpaired) electrons. The lowest BCUT2D eigenvalue weighted by molar-refractivity contribution is -0.137. The summed E-state index contributed by atoms with van der Waals surface area (Å²) in [7, 11) is 0. The topological polar surface area (TPSA) is 107 Å². The van der Waals surface area contributed by atoms with Crippen molar-refractivity contribution in [2.24, 2.45) is 5.92 Å². The van der Waals surface area contributed by atoms with Gasteiger partial charge in [0, 0.05) is 37.0 Å². The van der Waals surface area contributed by atoms with Gasteiger partial charge in [-0.2, -0.15) is 13.2 Å². The van der Waals surface area contributed by atoms with E-state index in [0.29, 0.717) is 66.0 Å². The van der Waals surface area contributed by atoms with Gasteiger partial charge in [0.15, 0.2) is 17.0 Å². The lowest BCUT2D eigenvalue weighted by Crippen LogP contribution is -2.49. The molecular formula is C23H27F3N8. The zero-order valence-corrected chi connectivity index (χ0v) is 19.2. The van der Waals surface area contributed by atoms with Crippen LogP contribution in [0.4, 0.5) is 19.0 Å². The molecule has 1 unspecified atom stereocenters. The summed E-state index contributed by atoms with van der Waals surface area (Å²) in [5, 5.41) is 19.9. The van der Waals surface area contributed by atoms with Crippen LogP contribution in [-0.4, -0.2) is 48.7 Å². The van der Waals surface area contributed by atoms with Crippen LogP contribution < -0.4 is 5.32 Å². The Morgan fingerprint density at radius 3 is 2.53 bits per heavy atom. The van der Waals surface area contributed by atoms with E-state index in [9.17, 15) is 13.2 Å². The lowest BCUT2D eigenvalue weighted by Gasteiger charge is -2.36. The van der Waals surface area contributed by atoms with Crippen molar-refractivity contribution in [1.82, 2.24) is 24.4 Å². The van der Waals surface area contributed by atoms with E-state index in [0.717, 1.165) is 12.1 Å². The zero-order chi connectivity index (χ0) is 24.6. The Bertz CT molecular complexity index is 1210. The molecule has 2 aromatic heterocycles. The van der Waals surface area contributed by atoms with E-state index < -0.39 is 11.7 Å². The summed E-state index contributed by atoms with van der Waals surface area (Å²) in [5.41, 5.74) is 0.967. The van der Waals surface area contributed by atoms with E-state index >= 15 is 0 Å². The number of aryl methyl sites for hydroxylation is 1. The van der Waals surface area contributed by atoms with Crippen LogP contribution >= 0.6 is 0 Å². The van der Waals surface area contributed by atoms with Gasteiger partial charge in [-0.1, -0.05) is 26.0 Å². The van der Waals surface area contributed by atoms with Gasteiger partial charge < -0.3 is 14.8 Å². The number of nitrogens with one attached hydrogen (secondary N) is 3. The van der Waals surface area contributed by atoms with Gasteiger partial charge in [-0.05, 0) is 25.5 Å². The highest BCUT2D eigenvalue weighted by molar-refractivity contribution is 5.99. The first kappa shape index (κ1) is 23.7. The maximum Gasteiger partial charge on any atom is 0.416 e. The minimum absolute atomic E-state index is 0.0106. The Morgan fingerprint density at radius 1 is 1.21 bits per heavy atom. The summed E-state index contributed by atoms with van der Waals surface area (Å²) < 4.78 is 40.8. The highest BCUT2D eigenvalue weighted by Crippen LogP contribution is 2.32. The molecule has 1 aliphatic rings. The summed E-state index contributed by atoms with van der Waals surface area (Å²) >= 11 is 0. The third-order valence-electron chi connectivity index (χ3n) is 5.96. The normalized spacial score (nSPS) is 17.0. The van der Waals surface area contributed by atoms with Gasteiger partial charge in [0.2, 0.25) is 0 Å². The van der Waals surface area contributed by atoms with Gasteiger partial charge in [-0.15, -0.1) is 0 Å². The molecule has 0 spiro atoms. The highest BCUT2D eigenvalue weighted by Gasteiger charge is 2.31. The van der Waals surface area contributed by atoms with Crippen LogP contribution in [0.2, 0.25) is 0 Å². The van der Waals surface area contributed by atoms with Crippen LogP contribution in [-0.2, 0) is 12.7 Å². The number of imidazole rings is 1. The number of anilines is 1. The molecule has 1 saturated heterocycles. The van der Waals surface area contributed by atoms with Gasteiger partial charge in [0.05, 0.1) is 5.56 Å². The third-order valence-corrected chi connectivity index (χ3v) is 5.96. The fourth-order valence-electron chi connectivity index (χ4n) is 4.10. The van der Waals surface area contributed by atoms with Crippen molar-refractivity contribution in [2.45, 2.75) is 52.4 Å². The molecule has 1 fully saturated rings. The molecule has 3 aromatic rings. The molecule has 0 bridgehead atoms. The molecule has 11 heteroatoms. The monoisotopic (exact) mass is 472 g/mol. The summed E-state index contributed by atoms with van der Waals surface area (Å²) in [4.78, 5) is 15.2. The number of amidine groups is 2. The van der Waals surface area contributed by atoms with Gasteiger partial charge in [0.25, 0.3) is 0 Å². The van der Waals surface area contributed by atoms with Crippen LogP contribution in [0.1, 0.15) is 39.2 Å². The Kier molecular flexibility index (Phi) is 6.28. The highest BCUT2D eigenvalue weighted by atomic mass is 19.4. The molecule has 4 rings (SSSR count). The number of fused-ring (bicyclic) bond motifs is 1. The number of benzene rings is 1. The largest absolute Gasteiger partial charge is 0.416 e. The number of nitrogens with zero attached hydrogens (tertiary/aromatic N) is 5. The van der Waals surface area contributed by atoms with E-state index in [1.807, 2.05) is 25.3 Å². The van der Waals surface area contributed by atoms with Crippen molar-refractivity contribution in [3.63, 3.8) is 0 Å². The quantitative estimate of drug-likeness (QED) is 0.357. The molecular weight excluding hydrogens is 445 g/mol. The summed E-state index contributed by atoms with van der Waals surface area (Å²) in [6.07, 6.45) is -1.70. The Morgan fingerprint density at radius 2 is 1.91 bits per heavy atom. The van der Waals surface area contributed by atoms with Crippen LogP contribution in [0.5, 0.6) is 0 Å². The van der Waals surface area contributed by atoms with Crippen molar-refractivity contribution in [3.8, 4) is 11.4 Å². The second-order valence-electron chi connectivity index (χ2n) is 8.63. The minimum atomic E-state index is -4.40. The molecule has 180 valence electrons. The molecule has 1 aliphatic heterocycles. The first-order valence-corrected chi connectivity index (χ1v) is 11.2. The average molecular weight is 473 g/mol. The number of hydrogen-bond acceptors (Lipinski definition) is 6. The number of alkyl halides is 3. The van der Waals surface area contributed by atoms with Crippen molar-refractivity contribution >= 4 is 28.7 Å². The number of rotatable bonds is 5. The number of aromatic nitrogens is 4. The summed E-state index contributed by atoms with van der Waals surface area (Å²) in [6.45, 7) is 6.79. The predicted molar refractivity (Wildman–Crippen MR) is 125 cm³/mol. The first-order valence-electron chi connectivity index (χ1n) is 11.2. The van der Waals surface area contributed by atoms with E-state index in [1.54, 1.807) is 4.90 Å². The Balaban J connectivity index is 1.66. The van der Waals surface area contributed by atoms with Gasteiger partial charge in [-0.3, -0.25) is 10.8 Å². The number of piperidine rings is 1.